The van der Waals surface area contributed by atoms with Crippen molar-refractivity contribution >= 4 is 5.78 Å². The van der Waals surface area contributed by atoms with Gasteiger partial charge in [0.05, 0.1) is 0 Å². The van der Waals surface area contributed by atoms with E-state index < -0.39 is 0 Å². The number of fused-ring (bicyclic) bond motifs is 1. The van der Waals surface area contributed by atoms with Crippen molar-refractivity contribution in [3.8, 4) is 5.75 Å². The van der Waals surface area contributed by atoms with E-state index in [1.54, 1.807) is 12.1 Å². The van der Waals surface area contributed by atoms with E-state index in [1.165, 1.54) is 0 Å². The molecule has 0 heterocycles. The van der Waals surface area contributed by atoms with Crippen LogP contribution in [0.1, 0.15) is 35.7 Å². The quantitative estimate of drug-likeness (QED) is 0.658. The van der Waals surface area contributed by atoms with Gasteiger partial charge < -0.3 is 5.11 Å². The summed E-state index contributed by atoms with van der Waals surface area (Å²) in [6.45, 7) is 3.98. The Kier molecular flexibility index (Phi) is 1.65. The Labute approximate surface area is 77.2 Å². The van der Waals surface area contributed by atoms with Crippen molar-refractivity contribution < 1.29 is 9.90 Å². The fourth-order valence-electron chi connectivity index (χ4n) is 1.90. The lowest BCUT2D eigenvalue weighted by Crippen LogP contribution is -2.06. The van der Waals surface area contributed by atoms with Crippen molar-refractivity contribution in [2.24, 2.45) is 5.92 Å². The highest BCUT2D eigenvalue weighted by molar-refractivity contribution is 6.03. The molecule has 2 heteroatoms. The molecule has 0 radical (unpaired) electrons. The van der Waals surface area contributed by atoms with Crippen LogP contribution in [0, 0.1) is 5.92 Å². The molecule has 1 aromatic carbocycles. The molecule has 1 aliphatic carbocycles. The predicted molar refractivity (Wildman–Crippen MR) is 50.0 cm³/mol. The SMILES string of the molecule is CC1C(=O)c2cc(O)ccc2C1C. The summed E-state index contributed by atoms with van der Waals surface area (Å²) in [5.41, 5.74) is 1.76. The van der Waals surface area contributed by atoms with Crippen molar-refractivity contribution in [3.63, 3.8) is 0 Å². The van der Waals surface area contributed by atoms with Crippen LogP contribution in [-0.2, 0) is 0 Å². The molecule has 2 rings (SSSR count). The minimum absolute atomic E-state index is 0.0526. The summed E-state index contributed by atoms with van der Waals surface area (Å²) in [5.74, 6) is 0.659. The van der Waals surface area contributed by atoms with Gasteiger partial charge in [-0.2, -0.15) is 0 Å². The molecule has 1 aromatic rings. The summed E-state index contributed by atoms with van der Waals surface area (Å²) in [5, 5.41) is 9.23. The minimum Gasteiger partial charge on any atom is -0.508 e. The van der Waals surface area contributed by atoms with Crippen LogP contribution in [0.3, 0.4) is 0 Å². The summed E-state index contributed by atoms with van der Waals surface area (Å²) < 4.78 is 0. The van der Waals surface area contributed by atoms with E-state index >= 15 is 0 Å². The molecule has 0 amide bonds. The Hall–Kier alpha value is -1.31. The number of phenols is 1. The van der Waals surface area contributed by atoms with Gasteiger partial charge in [0.2, 0.25) is 0 Å². The first-order chi connectivity index (χ1) is 6.11. The van der Waals surface area contributed by atoms with Gasteiger partial charge in [0, 0.05) is 11.5 Å². The van der Waals surface area contributed by atoms with Crippen molar-refractivity contribution in [1.82, 2.24) is 0 Å². The predicted octanol–water partition coefficient (Wildman–Crippen LogP) is 2.33. The average molecular weight is 176 g/mol. The van der Waals surface area contributed by atoms with Gasteiger partial charge in [-0.15, -0.1) is 0 Å². The third kappa shape index (κ3) is 1.05. The minimum atomic E-state index is 0.0526. The number of carbonyl (C=O) groups excluding carboxylic acids is 1. The van der Waals surface area contributed by atoms with Gasteiger partial charge in [-0.3, -0.25) is 4.79 Å². The average Bonchev–Trinajstić information content (AvgIpc) is 2.32. The highest BCUT2D eigenvalue weighted by atomic mass is 16.3. The van der Waals surface area contributed by atoms with Gasteiger partial charge in [0.15, 0.2) is 5.78 Å². The standard InChI is InChI=1S/C11H12O2/c1-6-7(2)11(13)10-5-8(12)3-4-9(6)10/h3-7,12H,1-2H3. The molecule has 1 aliphatic rings. The van der Waals surface area contributed by atoms with E-state index in [4.69, 9.17) is 0 Å². The van der Waals surface area contributed by atoms with Gasteiger partial charge in [-0.1, -0.05) is 19.9 Å². The van der Waals surface area contributed by atoms with E-state index in [2.05, 4.69) is 0 Å². The molecule has 1 N–H and O–H groups in total. The molecule has 0 saturated carbocycles. The smallest absolute Gasteiger partial charge is 0.166 e. The lowest BCUT2D eigenvalue weighted by Gasteiger charge is -2.06. The number of Topliss-reactive ketones (excluding diaryl/α,β-unsaturated/α-hetero) is 1. The summed E-state index contributed by atoms with van der Waals surface area (Å²) in [4.78, 5) is 11.6. The van der Waals surface area contributed by atoms with Crippen LogP contribution >= 0.6 is 0 Å². The van der Waals surface area contributed by atoms with E-state index in [0.29, 0.717) is 5.56 Å². The van der Waals surface area contributed by atoms with Crippen molar-refractivity contribution in [1.29, 1.82) is 0 Å². The van der Waals surface area contributed by atoms with Crippen LogP contribution in [0.4, 0.5) is 0 Å². The number of benzene rings is 1. The number of hydrogen-bond acceptors (Lipinski definition) is 2. The second kappa shape index (κ2) is 2.59. The van der Waals surface area contributed by atoms with Crippen molar-refractivity contribution in [2.45, 2.75) is 19.8 Å². The maximum absolute atomic E-state index is 11.6. The first kappa shape index (κ1) is 8.30. The summed E-state index contributed by atoms with van der Waals surface area (Å²) in [6, 6.07) is 5.05. The molecule has 2 unspecified atom stereocenters. The van der Waals surface area contributed by atoms with E-state index in [1.807, 2.05) is 19.9 Å². The largest absolute Gasteiger partial charge is 0.508 e. The van der Waals surface area contributed by atoms with Crippen LogP contribution in [0.5, 0.6) is 5.75 Å². The highest BCUT2D eigenvalue weighted by Gasteiger charge is 2.33. The first-order valence-corrected chi connectivity index (χ1v) is 4.48. The van der Waals surface area contributed by atoms with Gasteiger partial charge in [0.25, 0.3) is 0 Å². The monoisotopic (exact) mass is 176 g/mol. The third-order valence-corrected chi connectivity index (χ3v) is 2.96. The van der Waals surface area contributed by atoms with Crippen LogP contribution in [0.2, 0.25) is 0 Å². The fourth-order valence-corrected chi connectivity index (χ4v) is 1.90. The number of rotatable bonds is 0. The Morgan fingerprint density at radius 1 is 1.23 bits per heavy atom. The molecule has 0 aliphatic heterocycles. The Morgan fingerprint density at radius 3 is 2.62 bits per heavy atom. The van der Waals surface area contributed by atoms with Gasteiger partial charge in [0.1, 0.15) is 5.75 Å². The van der Waals surface area contributed by atoms with Gasteiger partial charge in [-0.25, -0.2) is 0 Å². The van der Waals surface area contributed by atoms with Crippen molar-refractivity contribution in [2.75, 3.05) is 0 Å². The van der Waals surface area contributed by atoms with Crippen molar-refractivity contribution in [3.05, 3.63) is 29.3 Å². The molecular formula is C11H12O2. The molecule has 0 saturated heterocycles. The molecule has 0 aromatic heterocycles. The van der Waals surface area contributed by atoms with Crippen LogP contribution in [-0.4, -0.2) is 10.9 Å². The van der Waals surface area contributed by atoms with E-state index in [9.17, 15) is 9.90 Å². The zero-order chi connectivity index (χ0) is 9.59. The molecule has 2 nitrogen and oxygen atoms in total. The number of carbonyl (C=O) groups is 1. The molecule has 0 bridgehead atoms. The molecule has 68 valence electrons. The topological polar surface area (TPSA) is 37.3 Å². The Balaban J connectivity index is 2.60. The Bertz CT molecular complexity index is 368. The van der Waals surface area contributed by atoms with Crippen LogP contribution in [0.15, 0.2) is 18.2 Å². The number of aromatic hydroxyl groups is 1. The third-order valence-electron chi connectivity index (χ3n) is 2.96. The summed E-state index contributed by atoms with van der Waals surface area (Å²) in [7, 11) is 0. The maximum Gasteiger partial charge on any atom is 0.166 e. The normalized spacial score (nSPS) is 26.2. The number of hydrogen-bond donors (Lipinski definition) is 1. The zero-order valence-electron chi connectivity index (χ0n) is 7.74. The van der Waals surface area contributed by atoms with E-state index in [0.717, 1.165) is 5.56 Å². The van der Waals surface area contributed by atoms with Crippen LogP contribution in [0.25, 0.3) is 0 Å². The number of phenolic OH excluding ortho intramolecular Hbond substituents is 1. The molecule has 0 fully saturated rings. The summed E-state index contributed by atoms with van der Waals surface area (Å²) in [6.07, 6.45) is 0. The number of ketones is 1. The fraction of sp³-hybridized carbons (Fsp3) is 0.364. The Morgan fingerprint density at radius 2 is 1.92 bits per heavy atom. The molecule has 0 spiro atoms. The molecular weight excluding hydrogens is 164 g/mol. The zero-order valence-corrected chi connectivity index (χ0v) is 7.74. The van der Waals surface area contributed by atoms with Gasteiger partial charge in [-0.05, 0) is 23.6 Å². The second-order valence-electron chi connectivity index (χ2n) is 3.71. The lowest BCUT2D eigenvalue weighted by atomic mass is 9.96. The second-order valence-corrected chi connectivity index (χ2v) is 3.71. The van der Waals surface area contributed by atoms with E-state index in [-0.39, 0.29) is 23.4 Å². The highest BCUT2D eigenvalue weighted by Crippen LogP contribution is 2.38. The summed E-state index contributed by atoms with van der Waals surface area (Å²) >= 11 is 0. The van der Waals surface area contributed by atoms with Crippen LogP contribution < -0.4 is 0 Å². The molecule has 2 atom stereocenters. The lowest BCUT2D eigenvalue weighted by molar-refractivity contribution is 0.0936. The molecule has 13 heavy (non-hydrogen) atoms. The maximum atomic E-state index is 11.6. The van der Waals surface area contributed by atoms with Gasteiger partial charge >= 0.3 is 0 Å². The first-order valence-electron chi connectivity index (χ1n) is 4.48.